The van der Waals surface area contributed by atoms with Gasteiger partial charge in [-0.25, -0.2) is 17.8 Å². The highest BCUT2D eigenvalue weighted by Crippen LogP contribution is 2.35. The Hall–Kier alpha value is -2.87. The number of aromatic nitrogens is 2. The van der Waals surface area contributed by atoms with Gasteiger partial charge in [-0.2, -0.15) is 0 Å². The fourth-order valence-electron chi connectivity index (χ4n) is 2.76. The summed E-state index contributed by atoms with van der Waals surface area (Å²) in [7, 11) is -3.52. The predicted octanol–water partition coefficient (Wildman–Crippen LogP) is 2.89. The number of aryl methyl sites for hydroxylation is 1. The fraction of sp³-hybridized carbons (Fsp3) is 0.167. The zero-order chi connectivity index (χ0) is 18.1. The van der Waals surface area contributed by atoms with Crippen LogP contribution in [0.2, 0.25) is 0 Å². The second-order valence-electron chi connectivity index (χ2n) is 5.79. The topological polar surface area (TPSA) is 70.4 Å². The summed E-state index contributed by atoms with van der Waals surface area (Å²) >= 11 is 0. The highest BCUT2D eigenvalue weighted by molar-refractivity contribution is 7.91. The van der Waals surface area contributed by atoms with Gasteiger partial charge in [-0.1, -0.05) is 0 Å². The van der Waals surface area contributed by atoms with Crippen molar-refractivity contribution in [2.24, 2.45) is 0 Å². The van der Waals surface area contributed by atoms with Crippen molar-refractivity contribution in [3.05, 3.63) is 60.7 Å². The van der Waals surface area contributed by atoms with Crippen LogP contribution < -0.4 is 9.47 Å². The summed E-state index contributed by atoms with van der Waals surface area (Å²) in [6.45, 7) is 0.409. The summed E-state index contributed by atoms with van der Waals surface area (Å²) in [6.07, 6.45) is 3.34. The molecular weight excluding hydrogens is 359 g/mol. The Morgan fingerprint density at radius 2 is 1.85 bits per heavy atom. The zero-order valence-corrected chi connectivity index (χ0v) is 14.4. The van der Waals surface area contributed by atoms with E-state index in [1.54, 1.807) is 23.0 Å². The first-order chi connectivity index (χ1) is 12.5. The van der Waals surface area contributed by atoms with Crippen LogP contribution >= 0.6 is 0 Å². The molecule has 2 aromatic carbocycles. The minimum absolute atomic E-state index is 0.101. The molecule has 8 heteroatoms. The molecule has 0 amide bonds. The molecule has 0 unspecified atom stereocenters. The number of rotatable bonds is 5. The van der Waals surface area contributed by atoms with Crippen molar-refractivity contribution < 1.29 is 22.3 Å². The highest BCUT2D eigenvalue weighted by atomic mass is 32.2. The lowest BCUT2D eigenvalue weighted by Gasteiger charge is -2.09. The summed E-state index contributed by atoms with van der Waals surface area (Å²) in [5.41, 5.74) is 0.804. The van der Waals surface area contributed by atoms with E-state index >= 15 is 0 Å². The molecule has 0 radical (unpaired) electrons. The molecule has 0 fully saturated rings. The minimum Gasteiger partial charge on any atom is -0.454 e. The van der Waals surface area contributed by atoms with Gasteiger partial charge in [0, 0.05) is 24.5 Å². The van der Waals surface area contributed by atoms with Crippen LogP contribution in [0.1, 0.15) is 0 Å². The van der Waals surface area contributed by atoms with Crippen molar-refractivity contribution in [2.45, 2.75) is 11.4 Å². The summed E-state index contributed by atoms with van der Waals surface area (Å²) in [6, 6.07) is 10.3. The number of fused-ring (bicyclic) bond motifs is 1. The summed E-state index contributed by atoms with van der Waals surface area (Å²) < 4.78 is 50.3. The number of sulfone groups is 1. The molecule has 26 heavy (non-hydrogen) atoms. The number of hydrogen-bond donors (Lipinski definition) is 0. The van der Waals surface area contributed by atoms with Crippen molar-refractivity contribution in [1.82, 2.24) is 9.55 Å². The lowest BCUT2D eigenvalue weighted by molar-refractivity contribution is 0.174. The van der Waals surface area contributed by atoms with E-state index in [4.69, 9.17) is 9.47 Å². The smallest absolute Gasteiger partial charge is 0.231 e. The number of imidazole rings is 1. The van der Waals surface area contributed by atoms with E-state index in [9.17, 15) is 12.8 Å². The molecule has 3 aromatic rings. The second-order valence-corrected chi connectivity index (χ2v) is 7.89. The minimum atomic E-state index is -3.52. The molecule has 0 saturated heterocycles. The van der Waals surface area contributed by atoms with Crippen LogP contribution in [0.15, 0.2) is 59.8 Å². The number of halogens is 1. The van der Waals surface area contributed by atoms with Gasteiger partial charge in [0.25, 0.3) is 0 Å². The average Bonchev–Trinajstić information content (AvgIpc) is 3.28. The molecule has 0 saturated carbocycles. The van der Waals surface area contributed by atoms with Crippen LogP contribution in [0, 0.1) is 5.82 Å². The molecule has 1 aromatic heterocycles. The first-order valence-corrected chi connectivity index (χ1v) is 9.58. The van der Waals surface area contributed by atoms with Crippen LogP contribution in [-0.4, -0.2) is 30.5 Å². The fourth-order valence-corrected chi connectivity index (χ4v) is 3.99. The van der Waals surface area contributed by atoms with Gasteiger partial charge in [0.05, 0.1) is 10.6 Å². The normalized spacial score (nSPS) is 13.1. The van der Waals surface area contributed by atoms with Gasteiger partial charge in [-0.15, -0.1) is 0 Å². The number of benzene rings is 2. The van der Waals surface area contributed by atoms with Crippen LogP contribution in [0.5, 0.6) is 11.5 Å². The van der Waals surface area contributed by atoms with Gasteiger partial charge in [0.15, 0.2) is 21.3 Å². The third-order valence-corrected chi connectivity index (χ3v) is 5.83. The Labute approximate surface area is 149 Å². The Bertz CT molecular complexity index is 1050. The van der Waals surface area contributed by atoms with Crippen molar-refractivity contribution in [1.29, 1.82) is 0 Å². The standard InChI is InChI=1S/C18H15FN2O4S/c19-14-2-4-15(5-3-14)26(22,23)10-9-21-8-7-20-18(21)13-1-6-16-17(11-13)25-12-24-16/h1-8,11H,9-10,12H2. The van der Waals surface area contributed by atoms with E-state index in [1.165, 1.54) is 12.1 Å². The molecule has 0 N–H and O–H groups in total. The van der Waals surface area contributed by atoms with Crippen LogP contribution in [0.25, 0.3) is 11.4 Å². The maximum Gasteiger partial charge on any atom is 0.231 e. The van der Waals surface area contributed by atoms with Gasteiger partial charge in [-0.05, 0) is 42.5 Å². The second kappa shape index (κ2) is 6.45. The Balaban J connectivity index is 1.55. The largest absolute Gasteiger partial charge is 0.454 e. The molecule has 0 aliphatic carbocycles. The Kier molecular flexibility index (Phi) is 4.12. The van der Waals surface area contributed by atoms with E-state index in [1.807, 2.05) is 12.1 Å². The molecule has 0 bridgehead atoms. The maximum atomic E-state index is 13.0. The molecule has 0 spiro atoms. The summed E-state index contributed by atoms with van der Waals surface area (Å²) in [5.74, 6) is 1.36. The molecule has 0 atom stereocenters. The number of ether oxygens (including phenoxy) is 2. The number of hydrogen-bond acceptors (Lipinski definition) is 5. The molecule has 1 aliphatic heterocycles. The van der Waals surface area contributed by atoms with Crippen molar-refractivity contribution in [3.8, 4) is 22.9 Å². The Morgan fingerprint density at radius 3 is 2.65 bits per heavy atom. The van der Waals surface area contributed by atoms with Crippen LogP contribution in [-0.2, 0) is 16.4 Å². The Morgan fingerprint density at radius 1 is 1.08 bits per heavy atom. The molecule has 4 rings (SSSR count). The summed E-state index contributed by atoms with van der Waals surface area (Å²) in [4.78, 5) is 4.42. The van der Waals surface area contributed by atoms with Gasteiger partial charge in [0.2, 0.25) is 6.79 Å². The molecular formula is C18H15FN2O4S. The maximum absolute atomic E-state index is 13.0. The molecule has 134 valence electrons. The van der Waals surface area contributed by atoms with Crippen LogP contribution in [0.4, 0.5) is 4.39 Å². The van der Waals surface area contributed by atoms with Crippen LogP contribution in [0.3, 0.4) is 0 Å². The van der Waals surface area contributed by atoms with Crippen molar-refractivity contribution in [2.75, 3.05) is 12.5 Å². The quantitative estimate of drug-likeness (QED) is 0.642. The first kappa shape index (κ1) is 16.6. The van der Waals surface area contributed by atoms with E-state index in [2.05, 4.69) is 4.98 Å². The van der Waals surface area contributed by atoms with Crippen molar-refractivity contribution in [3.63, 3.8) is 0 Å². The van der Waals surface area contributed by atoms with Gasteiger partial charge >= 0.3 is 0 Å². The molecule has 2 heterocycles. The van der Waals surface area contributed by atoms with E-state index in [-0.39, 0.29) is 24.0 Å². The van der Waals surface area contributed by atoms with Gasteiger partial charge in [-0.3, -0.25) is 0 Å². The first-order valence-electron chi connectivity index (χ1n) is 7.92. The lowest BCUT2D eigenvalue weighted by atomic mass is 10.2. The predicted molar refractivity (Wildman–Crippen MR) is 92.2 cm³/mol. The number of nitrogens with zero attached hydrogens (tertiary/aromatic N) is 2. The average molecular weight is 374 g/mol. The molecule has 6 nitrogen and oxygen atoms in total. The molecule has 1 aliphatic rings. The summed E-state index contributed by atoms with van der Waals surface area (Å²) in [5, 5.41) is 0. The third kappa shape index (κ3) is 3.15. The van der Waals surface area contributed by atoms with Gasteiger partial charge in [0.1, 0.15) is 11.6 Å². The van der Waals surface area contributed by atoms with E-state index in [0.717, 1.165) is 17.7 Å². The van der Waals surface area contributed by atoms with Gasteiger partial charge < -0.3 is 14.0 Å². The van der Waals surface area contributed by atoms with E-state index < -0.39 is 15.7 Å². The zero-order valence-electron chi connectivity index (χ0n) is 13.6. The monoisotopic (exact) mass is 374 g/mol. The van der Waals surface area contributed by atoms with Crippen molar-refractivity contribution >= 4 is 9.84 Å². The highest BCUT2D eigenvalue weighted by Gasteiger charge is 2.18. The SMILES string of the molecule is O=S(=O)(CCn1ccnc1-c1ccc2c(c1)OCO2)c1ccc(F)cc1. The third-order valence-electron chi connectivity index (χ3n) is 4.12. The van der Waals surface area contributed by atoms with E-state index in [0.29, 0.717) is 17.3 Å². The lowest BCUT2D eigenvalue weighted by Crippen LogP contribution is -2.13.